The fourth-order valence-electron chi connectivity index (χ4n) is 2.05. The van der Waals surface area contributed by atoms with Crippen molar-refractivity contribution in [1.82, 2.24) is 0 Å². The minimum Gasteiger partial charge on any atom is -0.462 e. The van der Waals surface area contributed by atoms with Gasteiger partial charge in [0.25, 0.3) is 11.8 Å². The molecule has 0 fully saturated rings. The average molecular weight is 387 g/mol. The molecule has 7 heteroatoms. The van der Waals surface area contributed by atoms with Gasteiger partial charge in [-0.3, -0.25) is 9.59 Å². The number of hydrogen-bond acceptors (Lipinski definition) is 6. The zero-order chi connectivity index (χ0) is 21.1. The van der Waals surface area contributed by atoms with E-state index in [0.29, 0.717) is 30.0 Å². The molecule has 2 amide bonds. The molecule has 0 saturated carbocycles. The Morgan fingerprint density at radius 2 is 1.57 bits per heavy atom. The lowest BCUT2D eigenvalue weighted by Gasteiger charge is -2.13. The fourth-order valence-corrected chi connectivity index (χ4v) is 2.05. The number of benzene rings is 1. The van der Waals surface area contributed by atoms with Crippen molar-refractivity contribution in [2.75, 3.05) is 18.1 Å². The molecule has 0 spiro atoms. The van der Waals surface area contributed by atoms with Gasteiger partial charge in [-0.2, -0.15) is 0 Å². The summed E-state index contributed by atoms with van der Waals surface area (Å²) in [4.78, 5) is 46.0. The SMILES string of the molecule is C=C(C)C(=O)OCCCC.CCOC(=O)c1ccc(N2C(=O)C=CC2=O)cc1. The van der Waals surface area contributed by atoms with Crippen LogP contribution in [0.1, 0.15) is 44.0 Å². The summed E-state index contributed by atoms with van der Waals surface area (Å²) < 4.78 is 9.64. The normalized spacial score (nSPS) is 12.3. The van der Waals surface area contributed by atoms with Crippen molar-refractivity contribution < 1.29 is 28.7 Å². The molecule has 0 atom stereocenters. The average Bonchev–Trinajstić information content (AvgIpc) is 3.01. The number of ether oxygens (including phenoxy) is 2. The van der Waals surface area contributed by atoms with E-state index in [0.717, 1.165) is 17.7 Å². The molecule has 1 aromatic carbocycles. The Bertz CT molecular complexity index is 746. The highest BCUT2D eigenvalue weighted by molar-refractivity contribution is 6.28. The maximum atomic E-state index is 11.4. The maximum Gasteiger partial charge on any atom is 0.338 e. The van der Waals surface area contributed by atoms with Gasteiger partial charge in [-0.05, 0) is 44.5 Å². The number of imide groups is 1. The summed E-state index contributed by atoms with van der Waals surface area (Å²) in [5.74, 6) is -1.48. The molecular formula is C21H25NO6. The van der Waals surface area contributed by atoms with Crippen LogP contribution in [0.25, 0.3) is 0 Å². The van der Waals surface area contributed by atoms with Crippen LogP contribution in [0, 0.1) is 0 Å². The Labute approximate surface area is 164 Å². The van der Waals surface area contributed by atoms with Crippen LogP contribution in [0.15, 0.2) is 48.6 Å². The molecule has 0 N–H and O–H groups in total. The van der Waals surface area contributed by atoms with Gasteiger partial charge in [-0.15, -0.1) is 0 Å². The number of carbonyl (C=O) groups excluding carboxylic acids is 4. The van der Waals surface area contributed by atoms with E-state index in [9.17, 15) is 19.2 Å². The lowest BCUT2D eigenvalue weighted by Crippen LogP contribution is -2.29. The molecule has 0 unspecified atom stereocenters. The lowest BCUT2D eigenvalue weighted by atomic mass is 10.2. The summed E-state index contributed by atoms with van der Waals surface area (Å²) in [5, 5.41) is 0. The number of unbranched alkanes of at least 4 members (excludes halogenated alkanes) is 1. The van der Waals surface area contributed by atoms with Gasteiger partial charge >= 0.3 is 11.9 Å². The minimum absolute atomic E-state index is 0.284. The van der Waals surface area contributed by atoms with Gasteiger partial charge in [-0.1, -0.05) is 19.9 Å². The van der Waals surface area contributed by atoms with Gasteiger partial charge in [0.05, 0.1) is 24.5 Å². The molecule has 0 aliphatic carbocycles. The lowest BCUT2D eigenvalue weighted by molar-refractivity contribution is -0.139. The molecule has 0 aromatic heterocycles. The molecule has 7 nitrogen and oxygen atoms in total. The second-order valence-electron chi connectivity index (χ2n) is 5.88. The van der Waals surface area contributed by atoms with E-state index in [1.807, 2.05) is 0 Å². The summed E-state index contributed by atoms with van der Waals surface area (Å²) in [6.07, 6.45) is 4.39. The Morgan fingerprint density at radius 3 is 2.04 bits per heavy atom. The van der Waals surface area contributed by atoms with Crippen molar-refractivity contribution >= 4 is 29.4 Å². The summed E-state index contributed by atoms with van der Waals surface area (Å²) in [7, 11) is 0. The van der Waals surface area contributed by atoms with Crippen LogP contribution in [-0.2, 0) is 23.9 Å². The number of anilines is 1. The number of amides is 2. The van der Waals surface area contributed by atoms with Crippen LogP contribution < -0.4 is 4.90 Å². The first-order chi connectivity index (χ1) is 13.3. The third-order valence-corrected chi connectivity index (χ3v) is 3.53. The first-order valence-corrected chi connectivity index (χ1v) is 8.97. The number of rotatable bonds is 7. The Balaban J connectivity index is 0.000000336. The van der Waals surface area contributed by atoms with Gasteiger partial charge in [-0.25, -0.2) is 14.5 Å². The smallest absolute Gasteiger partial charge is 0.338 e. The molecule has 150 valence electrons. The molecule has 28 heavy (non-hydrogen) atoms. The van der Waals surface area contributed by atoms with Gasteiger partial charge in [0.15, 0.2) is 0 Å². The van der Waals surface area contributed by atoms with Crippen molar-refractivity contribution in [3.8, 4) is 0 Å². The van der Waals surface area contributed by atoms with Crippen LogP contribution >= 0.6 is 0 Å². The summed E-state index contributed by atoms with van der Waals surface area (Å²) in [5.41, 5.74) is 1.28. The number of carbonyl (C=O) groups is 4. The topological polar surface area (TPSA) is 90.0 Å². The van der Waals surface area contributed by atoms with Crippen molar-refractivity contribution in [2.24, 2.45) is 0 Å². The molecule has 1 aliphatic heterocycles. The summed E-state index contributed by atoms with van der Waals surface area (Å²) in [6, 6.07) is 6.11. The summed E-state index contributed by atoms with van der Waals surface area (Å²) >= 11 is 0. The first kappa shape index (κ1) is 22.8. The first-order valence-electron chi connectivity index (χ1n) is 8.97. The van der Waals surface area contributed by atoms with Gasteiger partial charge in [0.2, 0.25) is 0 Å². The zero-order valence-corrected chi connectivity index (χ0v) is 16.4. The van der Waals surface area contributed by atoms with Crippen molar-refractivity contribution in [3.05, 3.63) is 54.1 Å². The van der Waals surface area contributed by atoms with Crippen LogP contribution in [0.3, 0.4) is 0 Å². The van der Waals surface area contributed by atoms with E-state index >= 15 is 0 Å². The van der Waals surface area contributed by atoms with Crippen molar-refractivity contribution in [3.63, 3.8) is 0 Å². The number of nitrogens with zero attached hydrogens (tertiary/aromatic N) is 1. The molecule has 0 bridgehead atoms. The maximum absolute atomic E-state index is 11.4. The van der Waals surface area contributed by atoms with E-state index in [2.05, 4.69) is 13.5 Å². The zero-order valence-electron chi connectivity index (χ0n) is 16.4. The Kier molecular flexibility index (Phi) is 9.36. The number of hydrogen-bond donors (Lipinski definition) is 0. The van der Waals surface area contributed by atoms with E-state index in [-0.39, 0.29) is 17.8 Å². The van der Waals surface area contributed by atoms with Gasteiger partial charge in [0.1, 0.15) is 0 Å². The standard InChI is InChI=1S/C13H11NO4.C8H14O2/c1-2-18-13(17)9-3-5-10(6-4-9)14-11(15)7-8-12(14)16;1-4-5-6-10-8(9)7(2)3/h3-8H,2H2,1H3;2,4-6H2,1,3H3. The quantitative estimate of drug-likeness (QED) is 0.309. The predicted octanol–water partition coefficient (Wildman–Crippen LogP) is 3.20. The van der Waals surface area contributed by atoms with E-state index in [1.54, 1.807) is 13.8 Å². The number of esters is 2. The second-order valence-corrected chi connectivity index (χ2v) is 5.88. The highest BCUT2D eigenvalue weighted by Gasteiger charge is 2.25. The minimum atomic E-state index is -0.429. The van der Waals surface area contributed by atoms with Crippen molar-refractivity contribution in [2.45, 2.75) is 33.6 Å². The Morgan fingerprint density at radius 1 is 1.00 bits per heavy atom. The molecule has 2 rings (SSSR count). The molecular weight excluding hydrogens is 362 g/mol. The van der Waals surface area contributed by atoms with E-state index < -0.39 is 5.97 Å². The third kappa shape index (κ3) is 6.83. The monoisotopic (exact) mass is 387 g/mol. The molecule has 0 saturated heterocycles. The molecule has 1 aromatic rings. The van der Waals surface area contributed by atoms with Crippen LogP contribution in [-0.4, -0.2) is 37.0 Å². The van der Waals surface area contributed by atoms with Gasteiger partial charge in [0, 0.05) is 17.7 Å². The third-order valence-electron chi connectivity index (χ3n) is 3.53. The summed E-state index contributed by atoms with van der Waals surface area (Å²) in [6.45, 7) is 9.69. The molecule has 1 heterocycles. The van der Waals surface area contributed by atoms with Crippen LogP contribution in [0.2, 0.25) is 0 Å². The molecule has 1 aliphatic rings. The Hall–Kier alpha value is -3.22. The largest absolute Gasteiger partial charge is 0.462 e. The fraction of sp³-hybridized carbons (Fsp3) is 0.333. The highest BCUT2D eigenvalue weighted by atomic mass is 16.5. The van der Waals surface area contributed by atoms with Crippen molar-refractivity contribution in [1.29, 1.82) is 0 Å². The van der Waals surface area contributed by atoms with Crippen LogP contribution in [0.4, 0.5) is 5.69 Å². The second kappa shape index (κ2) is 11.5. The highest BCUT2D eigenvalue weighted by Crippen LogP contribution is 2.19. The predicted molar refractivity (Wildman–Crippen MR) is 105 cm³/mol. The molecule has 0 radical (unpaired) electrons. The van der Waals surface area contributed by atoms with Gasteiger partial charge < -0.3 is 9.47 Å². The van der Waals surface area contributed by atoms with Crippen LogP contribution in [0.5, 0.6) is 0 Å². The van der Waals surface area contributed by atoms with E-state index in [1.165, 1.54) is 36.4 Å². The van der Waals surface area contributed by atoms with E-state index in [4.69, 9.17) is 9.47 Å².